The first-order valence-corrected chi connectivity index (χ1v) is 12.6. The van der Waals surface area contributed by atoms with Gasteiger partial charge in [0.2, 0.25) is 5.91 Å². The summed E-state index contributed by atoms with van der Waals surface area (Å²) >= 11 is 0. The number of aryl methyl sites for hydroxylation is 1. The summed E-state index contributed by atoms with van der Waals surface area (Å²) in [6.45, 7) is 2.75. The number of aromatic nitrogens is 3. The van der Waals surface area contributed by atoms with Crippen LogP contribution in [0, 0.1) is 18.8 Å². The second-order valence-electron chi connectivity index (χ2n) is 8.88. The summed E-state index contributed by atoms with van der Waals surface area (Å²) in [5, 5.41) is 10.6. The lowest BCUT2D eigenvalue weighted by Gasteiger charge is -2.28. The van der Waals surface area contributed by atoms with Crippen LogP contribution in [0.25, 0.3) is 11.1 Å². The van der Waals surface area contributed by atoms with E-state index >= 15 is 0 Å². The number of hydrogen-bond donors (Lipinski definition) is 2. The summed E-state index contributed by atoms with van der Waals surface area (Å²) in [7, 11) is -2.92. The predicted octanol–water partition coefficient (Wildman–Crippen LogP) is 2.99. The molecule has 1 aliphatic heterocycles. The number of pyridine rings is 1. The van der Waals surface area contributed by atoms with E-state index in [2.05, 4.69) is 27.4 Å². The molecule has 2 aromatic heterocycles. The molecule has 4 rings (SSSR count). The number of hydrogen-bond acceptors (Lipinski definition) is 5. The summed E-state index contributed by atoms with van der Waals surface area (Å²) in [5.74, 6) is 1.29. The molecule has 1 atom stereocenters. The third-order valence-electron chi connectivity index (χ3n) is 6.62. The molecule has 162 valence electrons. The van der Waals surface area contributed by atoms with Gasteiger partial charge in [-0.3, -0.25) is 14.9 Å². The minimum Gasteiger partial charge on any atom is -0.356 e. The number of H-pyrrole nitrogens is 1. The Kier molecular flexibility index (Phi) is 6.22. The van der Waals surface area contributed by atoms with Gasteiger partial charge in [0.15, 0.2) is 9.84 Å². The highest BCUT2D eigenvalue weighted by Gasteiger charge is 2.30. The van der Waals surface area contributed by atoms with E-state index in [1.165, 1.54) is 11.3 Å². The van der Waals surface area contributed by atoms with Crippen LogP contribution in [-0.2, 0) is 14.6 Å². The molecule has 7 nitrogen and oxygen atoms in total. The van der Waals surface area contributed by atoms with Gasteiger partial charge in [-0.15, -0.1) is 0 Å². The zero-order chi connectivity index (χ0) is 21.1. The van der Waals surface area contributed by atoms with Gasteiger partial charge in [0.25, 0.3) is 0 Å². The van der Waals surface area contributed by atoms with Crippen molar-refractivity contribution in [2.45, 2.75) is 51.4 Å². The first kappa shape index (κ1) is 21.0. The maximum absolute atomic E-state index is 12.2. The van der Waals surface area contributed by atoms with E-state index in [9.17, 15) is 13.2 Å². The molecule has 0 bridgehead atoms. The minimum absolute atomic E-state index is 0.0109. The molecule has 0 spiro atoms. The lowest BCUT2D eigenvalue weighted by Crippen LogP contribution is -2.32. The molecule has 1 amide bonds. The molecular weight excluding hydrogens is 400 g/mol. The maximum Gasteiger partial charge on any atom is 0.220 e. The van der Waals surface area contributed by atoms with Crippen LogP contribution in [0.4, 0.5) is 0 Å². The highest BCUT2D eigenvalue weighted by Crippen LogP contribution is 2.39. The number of amides is 1. The molecule has 0 aromatic carbocycles. The maximum atomic E-state index is 12.2. The Balaban J connectivity index is 1.27. The number of rotatable bonds is 6. The van der Waals surface area contributed by atoms with Crippen LogP contribution in [0.3, 0.4) is 0 Å². The molecule has 1 saturated heterocycles. The van der Waals surface area contributed by atoms with Gasteiger partial charge in [-0.1, -0.05) is 0 Å². The van der Waals surface area contributed by atoms with Gasteiger partial charge in [-0.05, 0) is 68.1 Å². The Bertz CT molecular complexity index is 993. The summed E-state index contributed by atoms with van der Waals surface area (Å²) in [6, 6.07) is 2.04. The number of aromatic amines is 1. The normalized spacial score (nSPS) is 25.8. The predicted molar refractivity (Wildman–Crippen MR) is 116 cm³/mol. The first-order valence-electron chi connectivity index (χ1n) is 10.8. The van der Waals surface area contributed by atoms with Gasteiger partial charge in [0, 0.05) is 42.5 Å². The van der Waals surface area contributed by atoms with Crippen molar-refractivity contribution in [3.05, 3.63) is 35.9 Å². The Morgan fingerprint density at radius 3 is 2.63 bits per heavy atom. The molecule has 1 unspecified atom stereocenters. The summed E-state index contributed by atoms with van der Waals surface area (Å²) in [4.78, 5) is 16.4. The van der Waals surface area contributed by atoms with Crippen LogP contribution in [0.15, 0.2) is 24.7 Å². The van der Waals surface area contributed by atoms with Gasteiger partial charge < -0.3 is 5.32 Å². The molecule has 30 heavy (non-hydrogen) atoms. The molecule has 1 saturated carbocycles. The molecule has 2 N–H and O–H groups in total. The smallest absolute Gasteiger partial charge is 0.220 e. The van der Waals surface area contributed by atoms with Crippen LogP contribution in [0.1, 0.15) is 55.7 Å². The SMILES string of the molecule is Cc1cnccc1-c1cn[nH]c1C1CCC(CNC(=O)CC2CCS(=O)(=O)C2)CC1. The van der Waals surface area contributed by atoms with Gasteiger partial charge in [0.05, 0.1) is 17.7 Å². The Morgan fingerprint density at radius 2 is 1.93 bits per heavy atom. The lowest BCUT2D eigenvalue weighted by molar-refractivity contribution is -0.122. The number of nitrogens with one attached hydrogen (secondary N) is 2. The van der Waals surface area contributed by atoms with E-state index in [1.54, 1.807) is 0 Å². The van der Waals surface area contributed by atoms with Gasteiger partial charge in [-0.2, -0.15) is 5.10 Å². The number of nitrogens with zero attached hydrogens (tertiary/aromatic N) is 2. The topological polar surface area (TPSA) is 105 Å². The first-order chi connectivity index (χ1) is 14.4. The van der Waals surface area contributed by atoms with Crippen LogP contribution < -0.4 is 5.32 Å². The van der Waals surface area contributed by atoms with Crippen molar-refractivity contribution in [3.8, 4) is 11.1 Å². The third-order valence-corrected chi connectivity index (χ3v) is 8.46. The van der Waals surface area contributed by atoms with Crippen molar-refractivity contribution in [2.75, 3.05) is 18.1 Å². The zero-order valence-electron chi connectivity index (χ0n) is 17.4. The molecular formula is C22H30N4O3S. The Hall–Kier alpha value is -2.22. The fourth-order valence-electron chi connectivity index (χ4n) is 4.88. The van der Waals surface area contributed by atoms with E-state index in [0.29, 0.717) is 31.2 Å². The van der Waals surface area contributed by atoms with Gasteiger partial charge >= 0.3 is 0 Å². The van der Waals surface area contributed by atoms with E-state index in [4.69, 9.17) is 0 Å². The quantitative estimate of drug-likeness (QED) is 0.733. The Morgan fingerprint density at radius 1 is 1.13 bits per heavy atom. The molecule has 3 heterocycles. The van der Waals surface area contributed by atoms with E-state index < -0.39 is 9.84 Å². The molecule has 2 fully saturated rings. The lowest BCUT2D eigenvalue weighted by atomic mass is 9.79. The van der Waals surface area contributed by atoms with Crippen LogP contribution >= 0.6 is 0 Å². The van der Waals surface area contributed by atoms with E-state index in [0.717, 1.165) is 36.8 Å². The largest absolute Gasteiger partial charge is 0.356 e. The van der Waals surface area contributed by atoms with Gasteiger partial charge in [-0.25, -0.2) is 8.42 Å². The summed E-state index contributed by atoms with van der Waals surface area (Å²) < 4.78 is 23.1. The van der Waals surface area contributed by atoms with E-state index in [1.807, 2.05) is 24.7 Å². The van der Waals surface area contributed by atoms with Crippen LogP contribution in [0.2, 0.25) is 0 Å². The summed E-state index contributed by atoms with van der Waals surface area (Å²) in [5.41, 5.74) is 4.69. The monoisotopic (exact) mass is 430 g/mol. The van der Waals surface area contributed by atoms with E-state index in [-0.39, 0.29) is 23.3 Å². The molecule has 8 heteroatoms. The fraction of sp³-hybridized carbons (Fsp3) is 0.591. The standard InChI is InChI=1S/C22H30N4O3S/c1-15-11-23-8-6-19(15)20-13-25-26-22(20)18-4-2-16(3-5-18)12-24-21(27)10-17-7-9-30(28,29)14-17/h6,8,11,13,16-18H,2-5,7,9-10,12,14H2,1H3,(H,24,27)(H,25,26). The van der Waals surface area contributed by atoms with Crippen molar-refractivity contribution >= 4 is 15.7 Å². The Labute approximate surface area is 178 Å². The average molecular weight is 431 g/mol. The highest BCUT2D eigenvalue weighted by molar-refractivity contribution is 7.91. The number of carbonyl (C=O) groups is 1. The summed E-state index contributed by atoms with van der Waals surface area (Å²) in [6.07, 6.45) is 10.8. The number of sulfone groups is 1. The van der Waals surface area contributed by atoms with Crippen molar-refractivity contribution in [1.82, 2.24) is 20.5 Å². The number of carbonyl (C=O) groups excluding carboxylic acids is 1. The van der Waals surface area contributed by atoms with Crippen molar-refractivity contribution < 1.29 is 13.2 Å². The second kappa shape index (κ2) is 8.88. The van der Waals surface area contributed by atoms with Crippen molar-refractivity contribution in [3.63, 3.8) is 0 Å². The third kappa shape index (κ3) is 4.91. The van der Waals surface area contributed by atoms with Crippen molar-refractivity contribution in [1.29, 1.82) is 0 Å². The van der Waals surface area contributed by atoms with Gasteiger partial charge in [0.1, 0.15) is 0 Å². The fourth-order valence-corrected chi connectivity index (χ4v) is 6.74. The molecule has 0 radical (unpaired) electrons. The second-order valence-corrected chi connectivity index (χ2v) is 11.1. The zero-order valence-corrected chi connectivity index (χ0v) is 18.2. The minimum atomic E-state index is -2.92. The average Bonchev–Trinajstić information content (AvgIpc) is 3.33. The van der Waals surface area contributed by atoms with Crippen molar-refractivity contribution in [2.24, 2.45) is 11.8 Å². The highest BCUT2D eigenvalue weighted by atomic mass is 32.2. The van der Waals surface area contributed by atoms with Crippen LogP contribution in [-0.4, -0.2) is 47.6 Å². The molecule has 2 aliphatic rings. The molecule has 2 aromatic rings. The molecule has 1 aliphatic carbocycles. The van der Waals surface area contributed by atoms with Crippen LogP contribution in [0.5, 0.6) is 0 Å².